The van der Waals surface area contributed by atoms with Crippen LogP contribution < -0.4 is 4.74 Å². The summed E-state index contributed by atoms with van der Waals surface area (Å²) in [4.78, 5) is 25.0. The number of carboxylic acids is 1. The summed E-state index contributed by atoms with van der Waals surface area (Å²) in [6.45, 7) is 1.75. The van der Waals surface area contributed by atoms with Crippen LogP contribution in [0.4, 0.5) is 4.39 Å². The number of fused-ring (bicyclic) bond motifs is 1. The van der Waals surface area contributed by atoms with Crippen molar-refractivity contribution < 1.29 is 28.2 Å². The van der Waals surface area contributed by atoms with Crippen LogP contribution in [0.3, 0.4) is 0 Å². The molecule has 0 bridgehead atoms. The van der Waals surface area contributed by atoms with E-state index in [1.165, 1.54) is 29.2 Å². The molecule has 0 aliphatic carbocycles. The first-order valence-corrected chi connectivity index (χ1v) is 7.56. The molecule has 0 fully saturated rings. The number of halogens is 1. The van der Waals surface area contributed by atoms with Crippen LogP contribution in [-0.2, 0) is 11.3 Å². The molecular formula is C18H16FNO5. The number of hydrogen-bond donors (Lipinski definition) is 1. The van der Waals surface area contributed by atoms with Crippen molar-refractivity contribution in [1.29, 1.82) is 0 Å². The first-order chi connectivity index (χ1) is 11.8. The summed E-state index contributed by atoms with van der Waals surface area (Å²) < 4.78 is 24.2. The Hall–Kier alpha value is -3.09. The van der Waals surface area contributed by atoms with Crippen molar-refractivity contribution in [2.24, 2.45) is 0 Å². The first-order valence-electron chi connectivity index (χ1n) is 7.56. The lowest BCUT2D eigenvalue weighted by Gasteiger charge is -2.22. The van der Waals surface area contributed by atoms with Crippen molar-refractivity contribution in [3.8, 4) is 5.75 Å². The molecule has 0 saturated heterocycles. The second kappa shape index (κ2) is 6.43. The predicted molar refractivity (Wildman–Crippen MR) is 86.8 cm³/mol. The summed E-state index contributed by atoms with van der Waals surface area (Å²) in [7, 11) is 1.57. The number of amides is 1. The van der Waals surface area contributed by atoms with Crippen LogP contribution in [0.25, 0.3) is 6.08 Å². The van der Waals surface area contributed by atoms with E-state index in [9.17, 15) is 14.0 Å². The highest BCUT2D eigenvalue weighted by Gasteiger charge is 2.22. The number of aryl methyl sites for hydroxylation is 1. The van der Waals surface area contributed by atoms with Crippen LogP contribution in [-0.4, -0.2) is 35.5 Å². The summed E-state index contributed by atoms with van der Waals surface area (Å²) in [6, 6.07) is 5.52. The molecule has 2 heterocycles. The topological polar surface area (TPSA) is 80.0 Å². The van der Waals surface area contributed by atoms with E-state index in [0.29, 0.717) is 22.6 Å². The molecule has 0 spiro atoms. The normalized spacial score (nSPS) is 12.8. The molecule has 25 heavy (non-hydrogen) atoms. The fourth-order valence-electron chi connectivity index (χ4n) is 2.66. The predicted octanol–water partition coefficient (Wildman–Crippen LogP) is 2.86. The zero-order valence-corrected chi connectivity index (χ0v) is 13.7. The van der Waals surface area contributed by atoms with E-state index in [1.807, 2.05) is 0 Å². The van der Waals surface area contributed by atoms with Crippen LogP contribution in [0.5, 0.6) is 5.75 Å². The molecule has 130 valence electrons. The number of carboxylic acid groups (broad SMARTS) is 1. The maximum atomic E-state index is 13.3. The Labute approximate surface area is 143 Å². The van der Waals surface area contributed by atoms with Gasteiger partial charge in [-0.05, 0) is 37.3 Å². The highest BCUT2D eigenvalue weighted by atomic mass is 19.1. The van der Waals surface area contributed by atoms with Crippen LogP contribution in [0.2, 0.25) is 0 Å². The Balaban J connectivity index is 1.77. The largest absolute Gasteiger partial charge is 0.488 e. The van der Waals surface area contributed by atoms with Gasteiger partial charge < -0.3 is 19.2 Å². The van der Waals surface area contributed by atoms with Gasteiger partial charge in [0.1, 0.15) is 35.3 Å². The SMILES string of the molecule is Cc1oc(CN(C)C(=O)C2=Cc3cc(F)ccc3OC2)cc1C(=O)O. The second-order valence-corrected chi connectivity index (χ2v) is 5.79. The van der Waals surface area contributed by atoms with Crippen molar-refractivity contribution in [2.45, 2.75) is 13.5 Å². The van der Waals surface area contributed by atoms with Gasteiger partial charge in [0.15, 0.2) is 0 Å². The number of likely N-dealkylation sites (N-methyl/N-ethyl adjacent to an activating group) is 1. The molecule has 1 aliphatic heterocycles. The monoisotopic (exact) mass is 345 g/mol. The van der Waals surface area contributed by atoms with Gasteiger partial charge in [-0.3, -0.25) is 4.79 Å². The van der Waals surface area contributed by atoms with Crippen LogP contribution in [0.1, 0.15) is 27.4 Å². The van der Waals surface area contributed by atoms with Crippen molar-refractivity contribution in [3.05, 3.63) is 58.3 Å². The third-order valence-electron chi connectivity index (χ3n) is 3.90. The number of ether oxygens (including phenoxy) is 1. The Morgan fingerprint density at radius 1 is 1.32 bits per heavy atom. The van der Waals surface area contributed by atoms with E-state index in [-0.39, 0.29) is 30.4 Å². The summed E-state index contributed by atoms with van der Waals surface area (Å²) >= 11 is 0. The summed E-state index contributed by atoms with van der Waals surface area (Å²) in [5.41, 5.74) is 0.952. The molecule has 1 amide bonds. The lowest BCUT2D eigenvalue weighted by atomic mass is 10.1. The van der Waals surface area contributed by atoms with E-state index in [0.717, 1.165) is 0 Å². The van der Waals surface area contributed by atoms with Crippen molar-refractivity contribution in [1.82, 2.24) is 4.90 Å². The van der Waals surface area contributed by atoms with E-state index >= 15 is 0 Å². The van der Waals surface area contributed by atoms with Gasteiger partial charge >= 0.3 is 5.97 Å². The third-order valence-corrected chi connectivity index (χ3v) is 3.90. The van der Waals surface area contributed by atoms with E-state index < -0.39 is 11.8 Å². The van der Waals surface area contributed by atoms with E-state index in [1.54, 1.807) is 20.0 Å². The fraction of sp³-hybridized carbons (Fsp3) is 0.222. The average molecular weight is 345 g/mol. The smallest absolute Gasteiger partial charge is 0.339 e. The average Bonchev–Trinajstić information content (AvgIpc) is 2.94. The number of nitrogens with zero attached hydrogens (tertiary/aromatic N) is 1. The summed E-state index contributed by atoms with van der Waals surface area (Å²) in [5.74, 6) is -0.617. The van der Waals surface area contributed by atoms with Crippen molar-refractivity contribution in [3.63, 3.8) is 0 Å². The number of furan rings is 1. The molecule has 0 atom stereocenters. The number of hydrogen-bond acceptors (Lipinski definition) is 4. The molecule has 1 aromatic heterocycles. The Kier molecular flexibility index (Phi) is 4.31. The van der Waals surface area contributed by atoms with Gasteiger partial charge in [0.05, 0.1) is 12.1 Å². The Bertz CT molecular complexity index is 884. The number of carbonyl (C=O) groups excluding carboxylic acids is 1. The molecular weight excluding hydrogens is 329 g/mol. The fourth-order valence-corrected chi connectivity index (χ4v) is 2.66. The lowest BCUT2D eigenvalue weighted by molar-refractivity contribution is -0.126. The molecule has 6 nitrogen and oxygen atoms in total. The van der Waals surface area contributed by atoms with Crippen molar-refractivity contribution in [2.75, 3.05) is 13.7 Å². The molecule has 2 aromatic rings. The minimum absolute atomic E-state index is 0.0699. The number of aromatic carboxylic acids is 1. The van der Waals surface area contributed by atoms with Crippen molar-refractivity contribution >= 4 is 18.0 Å². The van der Waals surface area contributed by atoms with Gasteiger partial charge in [-0.1, -0.05) is 0 Å². The maximum absolute atomic E-state index is 13.3. The van der Waals surface area contributed by atoms with Crippen LogP contribution >= 0.6 is 0 Å². The van der Waals surface area contributed by atoms with Gasteiger partial charge in [-0.15, -0.1) is 0 Å². The lowest BCUT2D eigenvalue weighted by Crippen LogP contribution is -2.30. The molecule has 0 unspecified atom stereocenters. The zero-order chi connectivity index (χ0) is 18.1. The molecule has 1 aliphatic rings. The Morgan fingerprint density at radius 3 is 2.76 bits per heavy atom. The molecule has 3 rings (SSSR count). The minimum Gasteiger partial charge on any atom is -0.488 e. The number of benzene rings is 1. The number of carbonyl (C=O) groups is 2. The quantitative estimate of drug-likeness (QED) is 0.922. The number of rotatable bonds is 4. The molecule has 1 N–H and O–H groups in total. The molecule has 0 radical (unpaired) electrons. The Morgan fingerprint density at radius 2 is 2.08 bits per heavy atom. The highest BCUT2D eigenvalue weighted by molar-refractivity contribution is 5.99. The standard InChI is InChI=1S/C18H16FNO5/c1-10-15(18(22)23)7-14(25-10)8-20(2)17(21)12-5-11-6-13(19)3-4-16(11)24-9-12/h3-7H,8-9H2,1-2H3,(H,22,23). The first kappa shape index (κ1) is 16.8. The molecule has 7 heteroatoms. The minimum atomic E-state index is -1.08. The van der Waals surface area contributed by atoms with Crippen LogP contribution in [0, 0.1) is 12.7 Å². The van der Waals surface area contributed by atoms with E-state index in [4.69, 9.17) is 14.3 Å². The van der Waals surface area contributed by atoms with Crippen LogP contribution in [0.15, 0.2) is 34.3 Å². The summed E-state index contributed by atoms with van der Waals surface area (Å²) in [6.07, 6.45) is 1.59. The van der Waals surface area contributed by atoms with Gasteiger partial charge in [-0.25, -0.2) is 9.18 Å². The second-order valence-electron chi connectivity index (χ2n) is 5.79. The van der Waals surface area contributed by atoms with Gasteiger partial charge in [0.25, 0.3) is 5.91 Å². The highest BCUT2D eigenvalue weighted by Crippen LogP contribution is 2.27. The van der Waals surface area contributed by atoms with Gasteiger partial charge in [-0.2, -0.15) is 0 Å². The van der Waals surface area contributed by atoms with Gasteiger partial charge in [0.2, 0.25) is 0 Å². The summed E-state index contributed by atoms with van der Waals surface area (Å²) in [5, 5.41) is 9.04. The maximum Gasteiger partial charge on any atom is 0.339 e. The van der Waals surface area contributed by atoms with E-state index in [2.05, 4.69) is 0 Å². The van der Waals surface area contributed by atoms with Gasteiger partial charge in [0, 0.05) is 12.6 Å². The molecule has 0 saturated carbocycles. The molecule has 1 aromatic carbocycles. The zero-order valence-electron chi connectivity index (χ0n) is 13.7. The third kappa shape index (κ3) is 3.40.